The summed E-state index contributed by atoms with van der Waals surface area (Å²) in [5.74, 6) is 0.644. The number of hydrogen-bond donors (Lipinski definition) is 2. The highest BCUT2D eigenvalue weighted by Crippen LogP contribution is 2.45. The summed E-state index contributed by atoms with van der Waals surface area (Å²) in [5.41, 5.74) is -0.916. The first kappa shape index (κ1) is 24.9. The molecule has 1 saturated heterocycles. The monoisotopic (exact) mass is 497 g/mol. The van der Waals surface area contributed by atoms with Crippen LogP contribution < -0.4 is 5.32 Å². The Hall–Kier alpha value is -2.81. The molecule has 1 saturated carbocycles. The predicted molar refractivity (Wildman–Crippen MR) is 133 cm³/mol. The van der Waals surface area contributed by atoms with Crippen molar-refractivity contribution in [2.45, 2.75) is 83.0 Å². The van der Waals surface area contributed by atoms with Gasteiger partial charge in [0.2, 0.25) is 0 Å². The molecule has 2 unspecified atom stereocenters. The van der Waals surface area contributed by atoms with Crippen molar-refractivity contribution in [2.24, 2.45) is 11.8 Å². The van der Waals surface area contributed by atoms with Gasteiger partial charge in [0.05, 0.1) is 17.8 Å². The van der Waals surface area contributed by atoms with E-state index in [1.165, 1.54) is 0 Å². The number of nitrogens with zero attached hydrogens (tertiary/aromatic N) is 3. The van der Waals surface area contributed by atoms with Crippen molar-refractivity contribution < 1.29 is 18.7 Å². The van der Waals surface area contributed by atoms with Crippen LogP contribution in [0.25, 0.3) is 0 Å². The first-order valence-electron chi connectivity index (χ1n) is 13.2. The minimum Gasteiger partial charge on any atom is -0.381 e. The van der Waals surface area contributed by atoms with E-state index in [1.807, 2.05) is 13.8 Å². The van der Waals surface area contributed by atoms with E-state index in [4.69, 9.17) is 4.74 Å². The fourth-order valence-electron chi connectivity index (χ4n) is 6.13. The Balaban J connectivity index is 1.27. The molecule has 2 atom stereocenters. The Bertz CT molecular complexity index is 1100. The minimum atomic E-state index is -1.87. The SMILES string of the molecule is CC1(C)c2[nH]nc(NC(=O)c3ccccn3)c2CN1C(=O)C1(F)CCCC(CC2CCOCC2)CC1. The average molecular weight is 498 g/mol. The first-order valence-corrected chi connectivity index (χ1v) is 13.2. The number of pyridine rings is 1. The lowest BCUT2D eigenvalue weighted by molar-refractivity contribution is -0.151. The maximum Gasteiger partial charge on any atom is 0.275 e. The van der Waals surface area contributed by atoms with Gasteiger partial charge >= 0.3 is 0 Å². The number of aromatic amines is 1. The van der Waals surface area contributed by atoms with Crippen molar-refractivity contribution in [2.75, 3.05) is 18.5 Å². The van der Waals surface area contributed by atoms with Crippen molar-refractivity contribution in [3.63, 3.8) is 0 Å². The van der Waals surface area contributed by atoms with Gasteiger partial charge in [0.1, 0.15) is 5.69 Å². The molecule has 2 aromatic heterocycles. The molecule has 2 N–H and O–H groups in total. The summed E-state index contributed by atoms with van der Waals surface area (Å²) in [6.07, 6.45) is 7.81. The molecule has 4 heterocycles. The van der Waals surface area contributed by atoms with E-state index in [-0.39, 0.29) is 31.0 Å². The molecule has 0 aromatic carbocycles. The summed E-state index contributed by atoms with van der Waals surface area (Å²) in [4.78, 5) is 32.0. The van der Waals surface area contributed by atoms with E-state index in [0.29, 0.717) is 23.2 Å². The topological polar surface area (TPSA) is 100 Å². The van der Waals surface area contributed by atoms with Crippen LogP contribution >= 0.6 is 0 Å². The molecule has 9 heteroatoms. The van der Waals surface area contributed by atoms with E-state index in [1.54, 1.807) is 29.3 Å². The zero-order valence-corrected chi connectivity index (χ0v) is 21.2. The van der Waals surface area contributed by atoms with Gasteiger partial charge in [0.25, 0.3) is 11.8 Å². The Labute approximate surface area is 211 Å². The number of nitrogens with one attached hydrogen (secondary N) is 2. The zero-order chi connectivity index (χ0) is 25.3. The lowest BCUT2D eigenvalue weighted by Gasteiger charge is -2.37. The Kier molecular flexibility index (Phi) is 6.85. The smallest absolute Gasteiger partial charge is 0.275 e. The summed E-state index contributed by atoms with van der Waals surface area (Å²) >= 11 is 0. The quantitative estimate of drug-likeness (QED) is 0.581. The van der Waals surface area contributed by atoms with Crippen LogP contribution in [0, 0.1) is 11.8 Å². The van der Waals surface area contributed by atoms with Gasteiger partial charge in [-0.2, -0.15) is 5.10 Å². The van der Waals surface area contributed by atoms with Crippen LogP contribution in [0.1, 0.15) is 87.0 Å². The van der Waals surface area contributed by atoms with Gasteiger partial charge in [-0.25, -0.2) is 4.39 Å². The summed E-state index contributed by atoms with van der Waals surface area (Å²) in [5, 5.41) is 10.1. The number of alkyl halides is 1. The highest BCUT2D eigenvalue weighted by Gasteiger charge is 2.51. The second kappa shape index (κ2) is 9.92. The number of anilines is 1. The third kappa shape index (κ3) is 4.77. The van der Waals surface area contributed by atoms with Gasteiger partial charge in [0.15, 0.2) is 11.5 Å². The number of carbonyl (C=O) groups is 2. The van der Waals surface area contributed by atoms with Crippen molar-refractivity contribution in [3.05, 3.63) is 41.3 Å². The lowest BCUT2D eigenvalue weighted by Crippen LogP contribution is -2.50. The predicted octanol–water partition coefficient (Wildman–Crippen LogP) is 4.74. The Morgan fingerprint density at radius 2 is 1.94 bits per heavy atom. The highest BCUT2D eigenvalue weighted by molar-refractivity contribution is 6.02. The van der Waals surface area contributed by atoms with Crippen molar-refractivity contribution in [3.8, 4) is 0 Å². The van der Waals surface area contributed by atoms with Gasteiger partial charge in [0, 0.05) is 25.0 Å². The fraction of sp³-hybridized carbons (Fsp3) is 0.630. The van der Waals surface area contributed by atoms with Crippen LogP contribution in [-0.4, -0.2) is 50.8 Å². The van der Waals surface area contributed by atoms with Crippen molar-refractivity contribution >= 4 is 17.6 Å². The molecule has 8 nitrogen and oxygen atoms in total. The zero-order valence-electron chi connectivity index (χ0n) is 21.2. The first-order chi connectivity index (χ1) is 17.3. The molecule has 2 fully saturated rings. The number of fused-ring (bicyclic) bond motifs is 1. The maximum absolute atomic E-state index is 16.3. The molecule has 2 amide bonds. The second-order valence-corrected chi connectivity index (χ2v) is 11.1. The van der Waals surface area contributed by atoms with Gasteiger partial charge in [-0.15, -0.1) is 0 Å². The number of halogens is 1. The van der Waals surface area contributed by atoms with Crippen LogP contribution in [0.3, 0.4) is 0 Å². The minimum absolute atomic E-state index is 0.201. The number of ether oxygens (including phenoxy) is 1. The molecule has 0 spiro atoms. The lowest BCUT2D eigenvalue weighted by atomic mass is 9.84. The molecule has 2 aromatic rings. The van der Waals surface area contributed by atoms with Crippen LogP contribution in [-0.2, 0) is 21.6 Å². The van der Waals surface area contributed by atoms with E-state index in [2.05, 4.69) is 20.5 Å². The molecule has 0 radical (unpaired) electrons. The molecule has 2 aliphatic heterocycles. The molecule has 5 rings (SSSR count). The van der Waals surface area contributed by atoms with Crippen LogP contribution in [0.5, 0.6) is 0 Å². The molecular formula is C27H36FN5O3. The number of aromatic nitrogens is 3. The van der Waals surface area contributed by atoms with Crippen LogP contribution in [0.2, 0.25) is 0 Å². The van der Waals surface area contributed by atoms with Gasteiger partial charge in [-0.3, -0.25) is 19.7 Å². The van der Waals surface area contributed by atoms with Crippen LogP contribution in [0.15, 0.2) is 24.4 Å². The van der Waals surface area contributed by atoms with Gasteiger partial charge in [-0.1, -0.05) is 12.5 Å². The number of amides is 2. The van der Waals surface area contributed by atoms with Gasteiger partial charge < -0.3 is 15.0 Å². The number of rotatable bonds is 5. The maximum atomic E-state index is 16.3. The standard InChI is InChI=1S/C27H36FN5O3/c1-26(2)22-20(23(32-31-22)30-24(34)21-7-3-4-13-29-21)17-33(26)25(35)27(28)11-5-6-18(8-12-27)16-19-9-14-36-15-10-19/h3-4,7,13,18-19H,5-6,8-12,14-17H2,1-2H3,(H2,30,31,32,34). The average Bonchev–Trinajstić information content (AvgIpc) is 3.33. The highest BCUT2D eigenvalue weighted by atomic mass is 19.1. The summed E-state index contributed by atoms with van der Waals surface area (Å²) in [6, 6.07) is 5.10. The van der Waals surface area contributed by atoms with E-state index < -0.39 is 17.1 Å². The normalized spacial score (nSPS) is 26.3. The molecule has 3 aliphatic rings. The number of carbonyl (C=O) groups excluding carboxylic acids is 2. The summed E-state index contributed by atoms with van der Waals surface area (Å²) in [7, 11) is 0. The molecular weight excluding hydrogens is 461 g/mol. The molecule has 194 valence electrons. The number of hydrogen-bond acceptors (Lipinski definition) is 5. The fourth-order valence-corrected chi connectivity index (χ4v) is 6.13. The Morgan fingerprint density at radius 3 is 2.69 bits per heavy atom. The van der Waals surface area contributed by atoms with Crippen molar-refractivity contribution in [1.82, 2.24) is 20.1 Å². The van der Waals surface area contributed by atoms with Gasteiger partial charge in [-0.05, 0) is 82.8 Å². The molecule has 36 heavy (non-hydrogen) atoms. The van der Waals surface area contributed by atoms with Crippen LogP contribution in [0.4, 0.5) is 10.2 Å². The third-order valence-electron chi connectivity index (χ3n) is 8.37. The third-order valence-corrected chi connectivity index (χ3v) is 8.37. The molecule has 0 bridgehead atoms. The van der Waals surface area contributed by atoms with E-state index >= 15 is 4.39 Å². The van der Waals surface area contributed by atoms with E-state index in [9.17, 15) is 9.59 Å². The van der Waals surface area contributed by atoms with Crippen molar-refractivity contribution in [1.29, 1.82) is 0 Å². The largest absolute Gasteiger partial charge is 0.381 e. The van der Waals surface area contributed by atoms with E-state index in [0.717, 1.165) is 57.4 Å². The molecule has 1 aliphatic carbocycles. The summed E-state index contributed by atoms with van der Waals surface area (Å²) in [6.45, 7) is 5.64. The summed E-state index contributed by atoms with van der Waals surface area (Å²) < 4.78 is 21.8. The second-order valence-electron chi connectivity index (χ2n) is 11.1. The Morgan fingerprint density at radius 1 is 1.17 bits per heavy atom. The number of H-pyrrole nitrogens is 1.